The van der Waals surface area contributed by atoms with Crippen LogP contribution in [0.5, 0.6) is 5.75 Å². The van der Waals surface area contributed by atoms with Crippen LogP contribution in [0.15, 0.2) is 48.8 Å². The van der Waals surface area contributed by atoms with Crippen molar-refractivity contribution in [3.8, 4) is 5.75 Å². The molecule has 7 nitrogen and oxygen atoms in total. The Labute approximate surface area is 202 Å². The first-order valence-corrected chi connectivity index (χ1v) is 11.6. The van der Waals surface area contributed by atoms with Gasteiger partial charge in [0.15, 0.2) is 0 Å². The maximum atomic E-state index is 13.5. The fourth-order valence-corrected chi connectivity index (χ4v) is 4.85. The normalized spacial score (nSPS) is 16.9. The standard InChI is InChI=1S/C25H25ClFN5O2/c1-34-22-12-20-17(24(29-15-28-20)30-16-5-6-19(27)18(26)10-16)11-21(22)31-23(33)4-2-9-32-13-25(14-32)7-3-8-25/h2,4-6,10-12,15H,3,7-9,13-14H2,1H3,(H,31,33)(H,28,29,30)/b4-2+. The zero-order chi connectivity index (χ0) is 23.7. The highest BCUT2D eigenvalue weighted by Gasteiger charge is 2.46. The SMILES string of the molecule is COc1cc2ncnc(Nc3ccc(F)c(Cl)c3)c2cc1NC(=O)/C=C/CN1CC2(CCC2)C1. The summed E-state index contributed by atoms with van der Waals surface area (Å²) in [6, 6.07) is 7.81. The number of amides is 1. The van der Waals surface area contributed by atoms with Gasteiger partial charge in [0.2, 0.25) is 5.91 Å². The number of aromatic nitrogens is 2. The third-order valence-electron chi connectivity index (χ3n) is 6.56. The van der Waals surface area contributed by atoms with Crippen LogP contribution in [0.3, 0.4) is 0 Å². The number of halogens is 2. The lowest BCUT2D eigenvalue weighted by Gasteiger charge is -2.56. The molecule has 2 aliphatic rings. The van der Waals surface area contributed by atoms with Crippen molar-refractivity contribution in [2.24, 2.45) is 5.41 Å². The molecule has 3 aromatic rings. The molecule has 5 rings (SSSR count). The second-order valence-electron chi connectivity index (χ2n) is 8.96. The van der Waals surface area contributed by atoms with Gasteiger partial charge in [-0.15, -0.1) is 0 Å². The van der Waals surface area contributed by atoms with E-state index >= 15 is 0 Å². The zero-order valence-electron chi connectivity index (χ0n) is 18.8. The Morgan fingerprint density at radius 3 is 2.79 bits per heavy atom. The number of carbonyl (C=O) groups excluding carboxylic acids is 1. The molecule has 9 heteroatoms. The van der Waals surface area contributed by atoms with E-state index in [-0.39, 0.29) is 10.9 Å². The number of hydrogen-bond donors (Lipinski definition) is 2. The van der Waals surface area contributed by atoms with Gasteiger partial charge in [-0.1, -0.05) is 24.1 Å². The lowest BCUT2D eigenvalue weighted by Crippen LogP contribution is -2.59. The quantitative estimate of drug-likeness (QED) is 0.454. The first-order valence-electron chi connectivity index (χ1n) is 11.2. The molecule has 1 aliphatic carbocycles. The average molecular weight is 482 g/mol. The molecule has 1 spiro atoms. The molecule has 0 bridgehead atoms. The summed E-state index contributed by atoms with van der Waals surface area (Å²) in [5.74, 6) is 0.231. The van der Waals surface area contributed by atoms with Gasteiger partial charge in [0, 0.05) is 42.9 Å². The summed E-state index contributed by atoms with van der Waals surface area (Å²) in [4.78, 5) is 23.5. The van der Waals surface area contributed by atoms with Crippen LogP contribution in [0.1, 0.15) is 19.3 Å². The van der Waals surface area contributed by atoms with E-state index in [0.717, 1.165) is 19.6 Å². The molecular weight excluding hydrogens is 457 g/mol. The molecule has 2 aromatic carbocycles. The molecule has 1 aliphatic heterocycles. The summed E-state index contributed by atoms with van der Waals surface area (Å²) in [6.07, 6.45) is 8.88. The van der Waals surface area contributed by atoms with Crippen LogP contribution in [0.4, 0.5) is 21.6 Å². The van der Waals surface area contributed by atoms with Crippen molar-refractivity contribution in [3.63, 3.8) is 0 Å². The Morgan fingerprint density at radius 2 is 2.09 bits per heavy atom. The summed E-state index contributed by atoms with van der Waals surface area (Å²) in [5.41, 5.74) is 2.27. The second kappa shape index (κ2) is 9.19. The van der Waals surface area contributed by atoms with E-state index in [1.54, 1.807) is 24.3 Å². The molecule has 1 saturated heterocycles. The van der Waals surface area contributed by atoms with Crippen LogP contribution in [0.25, 0.3) is 10.9 Å². The predicted octanol–water partition coefficient (Wildman–Crippen LogP) is 5.16. The van der Waals surface area contributed by atoms with Crippen LogP contribution < -0.4 is 15.4 Å². The van der Waals surface area contributed by atoms with Crippen molar-refractivity contribution in [1.82, 2.24) is 14.9 Å². The van der Waals surface area contributed by atoms with Gasteiger partial charge >= 0.3 is 0 Å². The summed E-state index contributed by atoms with van der Waals surface area (Å²) in [6.45, 7) is 3.03. The molecule has 1 aromatic heterocycles. The summed E-state index contributed by atoms with van der Waals surface area (Å²) in [7, 11) is 1.54. The van der Waals surface area contributed by atoms with Crippen molar-refractivity contribution >= 4 is 45.6 Å². The number of benzene rings is 2. The highest BCUT2D eigenvalue weighted by Crippen LogP contribution is 2.47. The van der Waals surface area contributed by atoms with Gasteiger partial charge in [-0.25, -0.2) is 14.4 Å². The fraction of sp³-hybridized carbons (Fsp3) is 0.320. The number of nitrogens with one attached hydrogen (secondary N) is 2. The predicted molar refractivity (Wildman–Crippen MR) is 131 cm³/mol. The van der Waals surface area contributed by atoms with E-state index in [9.17, 15) is 9.18 Å². The van der Waals surface area contributed by atoms with Gasteiger partial charge in [-0.3, -0.25) is 9.69 Å². The van der Waals surface area contributed by atoms with Gasteiger partial charge in [0.25, 0.3) is 0 Å². The van der Waals surface area contributed by atoms with E-state index < -0.39 is 5.82 Å². The number of fused-ring (bicyclic) bond motifs is 1. The van der Waals surface area contributed by atoms with Crippen molar-refractivity contribution in [1.29, 1.82) is 0 Å². The van der Waals surface area contributed by atoms with E-state index in [4.69, 9.17) is 16.3 Å². The Hall–Kier alpha value is -3.23. The van der Waals surface area contributed by atoms with E-state index in [1.165, 1.54) is 44.8 Å². The molecule has 0 unspecified atom stereocenters. The maximum absolute atomic E-state index is 13.5. The van der Waals surface area contributed by atoms with Crippen LogP contribution in [-0.4, -0.2) is 47.5 Å². The lowest BCUT2D eigenvalue weighted by molar-refractivity contribution is -0.112. The highest BCUT2D eigenvalue weighted by atomic mass is 35.5. The van der Waals surface area contributed by atoms with E-state index in [0.29, 0.717) is 39.3 Å². The number of ether oxygens (including phenoxy) is 1. The van der Waals surface area contributed by atoms with Crippen molar-refractivity contribution in [2.75, 3.05) is 37.4 Å². The summed E-state index contributed by atoms with van der Waals surface area (Å²) >= 11 is 5.90. The molecule has 1 saturated carbocycles. The number of carbonyl (C=O) groups is 1. The van der Waals surface area contributed by atoms with E-state index in [1.807, 2.05) is 6.08 Å². The van der Waals surface area contributed by atoms with Crippen molar-refractivity contribution < 1.29 is 13.9 Å². The van der Waals surface area contributed by atoms with Gasteiger partial charge in [-0.05, 0) is 42.5 Å². The minimum absolute atomic E-state index is 0.00542. The molecule has 2 N–H and O–H groups in total. The topological polar surface area (TPSA) is 79.4 Å². The largest absolute Gasteiger partial charge is 0.494 e. The Balaban J connectivity index is 1.31. The number of likely N-dealkylation sites (tertiary alicyclic amines) is 1. The number of rotatable bonds is 7. The van der Waals surface area contributed by atoms with Crippen LogP contribution in [-0.2, 0) is 4.79 Å². The van der Waals surface area contributed by atoms with Crippen LogP contribution in [0.2, 0.25) is 5.02 Å². The van der Waals surface area contributed by atoms with Gasteiger partial charge < -0.3 is 15.4 Å². The van der Waals surface area contributed by atoms with Crippen LogP contribution in [0, 0.1) is 11.2 Å². The first kappa shape index (κ1) is 22.6. The number of nitrogens with zero attached hydrogens (tertiary/aromatic N) is 3. The molecule has 2 fully saturated rings. The molecule has 0 radical (unpaired) electrons. The smallest absolute Gasteiger partial charge is 0.248 e. The lowest BCUT2D eigenvalue weighted by atomic mass is 9.63. The molecule has 0 atom stereocenters. The van der Waals surface area contributed by atoms with Crippen molar-refractivity contribution in [2.45, 2.75) is 19.3 Å². The third kappa shape index (κ3) is 4.56. The van der Waals surface area contributed by atoms with Gasteiger partial charge in [0.05, 0.1) is 23.3 Å². The Kier molecular flexibility index (Phi) is 6.10. The van der Waals surface area contributed by atoms with Gasteiger partial charge in [-0.2, -0.15) is 0 Å². The molecule has 34 heavy (non-hydrogen) atoms. The Bertz CT molecular complexity index is 1270. The molecule has 1 amide bonds. The highest BCUT2D eigenvalue weighted by molar-refractivity contribution is 6.31. The summed E-state index contributed by atoms with van der Waals surface area (Å²) < 4.78 is 19.0. The molecule has 176 valence electrons. The molecular formula is C25H25ClFN5O2. The number of hydrogen-bond acceptors (Lipinski definition) is 6. The van der Waals surface area contributed by atoms with Crippen molar-refractivity contribution in [3.05, 3.63) is 59.7 Å². The first-order chi connectivity index (χ1) is 16.4. The third-order valence-corrected chi connectivity index (χ3v) is 6.85. The van der Waals surface area contributed by atoms with E-state index in [2.05, 4.69) is 25.5 Å². The molecule has 2 heterocycles. The summed E-state index contributed by atoms with van der Waals surface area (Å²) in [5, 5.41) is 6.69. The Morgan fingerprint density at radius 1 is 1.26 bits per heavy atom. The van der Waals surface area contributed by atoms with Crippen LogP contribution >= 0.6 is 11.6 Å². The fourth-order valence-electron chi connectivity index (χ4n) is 4.67. The average Bonchev–Trinajstić information content (AvgIpc) is 2.76. The van der Waals surface area contributed by atoms with Gasteiger partial charge in [0.1, 0.15) is 23.7 Å². The maximum Gasteiger partial charge on any atom is 0.248 e. The minimum atomic E-state index is -0.501. The minimum Gasteiger partial charge on any atom is -0.494 e. The zero-order valence-corrected chi connectivity index (χ0v) is 19.5. The monoisotopic (exact) mass is 481 g/mol. The second-order valence-corrected chi connectivity index (χ2v) is 9.37. The number of methoxy groups -OCH3 is 1. The number of anilines is 3.